The van der Waals surface area contributed by atoms with Crippen molar-refractivity contribution >= 4 is 5.97 Å². The normalized spacial score (nSPS) is 17.6. The molecular weight excluding hydrogens is 266 g/mol. The van der Waals surface area contributed by atoms with Gasteiger partial charge in [0.2, 0.25) is 0 Å². The Kier molecular flexibility index (Phi) is 4.69. The van der Waals surface area contributed by atoms with E-state index >= 15 is 0 Å². The van der Waals surface area contributed by atoms with E-state index in [0.29, 0.717) is 6.04 Å². The third-order valence-electron chi connectivity index (χ3n) is 4.52. The third kappa shape index (κ3) is 3.63. The first-order valence-corrected chi connectivity index (χ1v) is 7.54. The predicted octanol–water partition coefficient (Wildman–Crippen LogP) is 2.55. The lowest BCUT2D eigenvalue weighted by Gasteiger charge is -2.27. The monoisotopic (exact) mass is 291 g/mol. The van der Waals surface area contributed by atoms with Crippen LogP contribution in [0, 0.1) is 27.7 Å². The van der Waals surface area contributed by atoms with Crippen LogP contribution in [0.3, 0.4) is 0 Å². The van der Waals surface area contributed by atoms with Gasteiger partial charge in [0.25, 0.3) is 0 Å². The quantitative estimate of drug-likeness (QED) is 0.753. The summed E-state index contributed by atoms with van der Waals surface area (Å²) >= 11 is 0. The molecule has 116 valence electrons. The number of benzene rings is 1. The van der Waals surface area contributed by atoms with Gasteiger partial charge in [-0.2, -0.15) is 0 Å². The number of aliphatic hydroxyl groups is 1. The summed E-state index contributed by atoms with van der Waals surface area (Å²) in [6.45, 7) is 8.04. The highest BCUT2D eigenvalue weighted by Gasteiger charge is 2.32. The van der Waals surface area contributed by atoms with E-state index < -0.39 is 18.1 Å². The molecule has 0 aromatic heterocycles. The lowest BCUT2D eigenvalue weighted by molar-refractivity contribution is -0.138. The van der Waals surface area contributed by atoms with Gasteiger partial charge in [0.15, 0.2) is 0 Å². The van der Waals surface area contributed by atoms with E-state index in [0.717, 1.165) is 40.7 Å². The first-order valence-electron chi connectivity index (χ1n) is 7.54. The van der Waals surface area contributed by atoms with Crippen LogP contribution in [-0.2, 0) is 4.79 Å². The summed E-state index contributed by atoms with van der Waals surface area (Å²) in [4.78, 5) is 11.1. The Bertz CT molecular complexity index is 523. The van der Waals surface area contributed by atoms with Crippen molar-refractivity contribution in [3.63, 3.8) is 0 Å². The predicted molar refractivity (Wildman–Crippen MR) is 82.5 cm³/mol. The Morgan fingerprint density at radius 3 is 2.19 bits per heavy atom. The third-order valence-corrected chi connectivity index (χ3v) is 4.52. The Labute approximate surface area is 126 Å². The van der Waals surface area contributed by atoms with Crippen molar-refractivity contribution in [1.82, 2.24) is 5.32 Å². The fourth-order valence-electron chi connectivity index (χ4n) is 2.89. The molecule has 1 aliphatic carbocycles. The fourth-order valence-corrected chi connectivity index (χ4v) is 2.89. The summed E-state index contributed by atoms with van der Waals surface area (Å²) in [7, 11) is 0. The molecule has 2 rings (SSSR count). The Morgan fingerprint density at radius 2 is 1.76 bits per heavy atom. The number of hydrogen-bond acceptors (Lipinski definition) is 3. The van der Waals surface area contributed by atoms with Crippen molar-refractivity contribution in [2.75, 3.05) is 0 Å². The lowest BCUT2D eigenvalue weighted by Crippen LogP contribution is -2.39. The molecule has 1 aromatic carbocycles. The molecule has 4 heteroatoms. The highest BCUT2D eigenvalue weighted by atomic mass is 16.4. The average Bonchev–Trinajstić information content (AvgIpc) is 3.19. The highest BCUT2D eigenvalue weighted by molar-refractivity contribution is 5.67. The summed E-state index contributed by atoms with van der Waals surface area (Å²) in [5, 5.41) is 23.2. The van der Waals surface area contributed by atoms with Gasteiger partial charge in [-0.05, 0) is 68.4 Å². The minimum Gasteiger partial charge on any atom is -0.481 e. The van der Waals surface area contributed by atoms with Crippen molar-refractivity contribution < 1.29 is 15.0 Å². The van der Waals surface area contributed by atoms with Crippen LogP contribution in [0.2, 0.25) is 0 Å². The zero-order valence-corrected chi connectivity index (χ0v) is 13.2. The van der Waals surface area contributed by atoms with Gasteiger partial charge in [0, 0.05) is 12.1 Å². The van der Waals surface area contributed by atoms with Crippen molar-refractivity contribution in [3.05, 3.63) is 33.9 Å². The topological polar surface area (TPSA) is 69.6 Å². The second-order valence-corrected chi connectivity index (χ2v) is 6.26. The number of aliphatic carboxylic acids is 1. The maximum atomic E-state index is 11.1. The molecule has 0 saturated heterocycles. The highest BCUT2D eigenvalue weighted by Crippen LogP contribution is 2.32. The first kappa shape index (κ1) is 16.0. The number of nitrogens with one attached hydrogen (secondary N) is 1. The van der Waals surface area contributed by atoms with Crippen molar-refractivity contribution in [1.29, 1.82) is 0 Å². The number of aliphatic hydroxyl groups excluding tert-OH is 1. The van der Waals surface area contributed by atoms with Crippen LogP contribution in [0.15, 0.2) is 6.07 Å². The fraction of sp³-hybridized carbons (Fsp3) is 0.588. The lowest BCUT2D eigenvalue weighted by atomic mass is 9.87. The number of hydrogen-bond donors (Lipinski definition) is 3. The molecule has 0 aliphatic heterocycles. The van der Waals surface area contributed by atoms with E-state index in [4.69, 9.17) is 5.11 Å². The summed E-state index contributed by atoms with van der Waals surface area (Å²) in [6.07, 6.45) is 1.27. The largest absolute Gasteiger partial charge is 0.481 e. The maximum Gasteiger partial charge on any atom is 0.305 e. The molecule has 0 radical (unpaired) electrons. The number of aryl methyl sites for hydroxylation is 2. The van der Waals surface area contributed by atoms with E-state index in [9.17, 15) is 9.90 Å². The van der Waals surface area contributed by atoms with Crippen molar-refractivity contribution in [2.24, 2.45) is 0 Å². The second-order valence-electron chi connectivity index (χ2n) is 6.26. The maximum absolute atomic E-state index is 11.1. The molecule has 0 spiro atoms. The van der Waals surface area contributed by atoms with E-state index in [1.807, 2.05) is 27.7 Å². The SMILES string of the molecule is Cc1cc(C)c(C)c(C(O)C(CC(=O)O)NC2CC2)c1C. The molecule has 0 amide bonds. The van der Waals surface area contributed by atoms with Crippen LogP contribution in [0.25, 0.3) is 0 Å². The summed E-state index contributed by atoms with van der Waals surface area (Å²) in [6, 6.07) is 2.03. The van der Waals surface area contributed by atoms with Gasteiger partial charge in [0.05, 0.1) is 12.5 Å². The Hall–Kier alpha value is -1.39. The smallest absolute Gasteiger partial charge is 0.305 e. The van der Waals surface area contributed by atoms with Crippen LogP contribution in [0.5, 0.6) is 0 Å². The first-order chi connectivity index (χ1) is 9.81. The molecule has 4 nitrogen and oxygen atoms in total. The van der Waals surface area contributed by atoms with Crippen LogP contribution < -0.4 is 5.32 Å². The Balaban J connectivity index is 2.34. The van der Waals surface area contributed by atoms with Gasteiger partial charge in [-0.1, -0.05) is 6.07 Å². The summed E-state index contributed by atoms with van der Waals surface area (Å²) in [5.41, 5.74) is 5.25. The van der Waals surface area contributed by atoms with Crippen molar-refractivity contribution in [2.45, 2.75) is 65.1 Å². The van der Waals surface area contributed by atoms with Gasteiger partial charge in [-0.25, -0.2) is 0 Å². The number of carboxylic acids is 1. The van der Waals surface area contributed by atoms with Crippen molar-refractivity contribution in [3.8, 4) is 0 Å². The van der Waals surface area contributed by atoms with E-state index in [1.165, 1.54) is 0 Å². The number of carboxylic acid groups (broad SMARTS) is 1. The molecule has 2 unspecified atom stereocenters. The van der Waals surface area contributed by atoms with Crippen LogP contribution in [-0.4, -0.2) is 28.3 Å². The Morgan fingerprint density at radius 1 is 1.24 bits per heavy atom. The van der Waals surface area contributed by atoms with Gasteiger partial charge in [-0.15, -0.1) is 0 Å². The van der Waals surface area contributed by atoms with Crippen LogP contribution >= 0.6 is 0 Å². The molecule has 3 N–H and O–H groups in total. The van der Waals surface area contributed by atoms with Crippen LogP contribution in [0.1, 0.15) is 53.2 Å². The molecule has 1 saturated carbocycles. The van der Waals surface area contributed by atoms with Gasteiger partial charge in [-0.3, -0.25) is 4.79 Å². The molecule has 21 heavy (non-hydrogen) atoms. The van der Waals surface area contributed by atoms with Gasteiger partial charge < -0.3 is 15.5 Å². The standard InChI is InChI=1S/C17H25NO3/c1-9-7-10(2)12(4)16(11(9)3)17(21)14(8-15(19)20)18-13-5-6-13/h7,13-14,17-18,21H,5-6,8H2,1-4H3,(H,19,20). The molecule has 1 aromatic rings. The molecular formula is C17H25NO3. The molecule has 1 aliphatic rings. The summed E-state index contributed by atoms with van der Waals surface area (Å²) in [5.74, 6) is -0.883. The number of carbonyl (C=O) groups is 1. The minimum absolute atomic E-state index is 0.0659. The van der Waals surface area contributed by atoms with Crippen LogP contribution in [0.4, 0.5) is 0 Å². The molecule has 1 fully saturated rings. The minimum atomic E-state index is -0.883. The van der Waals surface area contributed by atoms with Gasteiger partial charge >= 0.3 is 5.97 Å². The molecule has 0 heterocycles. The second kappa shape index (κ2) is 6.16. The van der Waals surface area contributed by atoms with E-state index in [1.54, 1.807) is 0 Å². The van der Waals surface area contributed by atoms with Gasteiger partial charge in [0.1, 0.15) is 0 Å². The van der Waals surface area contributed by atoms with E-state index in [2.05, 4.69) is 11.4 Å². The molecule has 0 bridgehead atoms. The van der Waals surface area contributed by atoms with E-state index in [-0.39, 0.29) is 6.42 Å². The summed E-state index contributed by atoms with van der Waals surface area (Å²) < 4.78 is 0. The zero-order valence-electron chi connectivity index (χ0n) is 13.2. The number of rotatable bonds is 6. The zero-order chi connectivity index (χ0) is 15.7. The molecule has 2 atom stereocenters. The average molecular weight is 291 g/mol.